The van der Waals surface area contributed by atoms with E-state index in [1.54, 1.807) is 0 Å². The highest BCUT2D eigenvalue weighted by Crippen LogP contribution is 2.24. The number of carboxylic acid groups (broad SMARTS) is 1. The Labute approximate surface area is 96.4 Å². The number of carbonyl (C=O) groups excluding carboxylic acids is 1. The maximum atomic E-state index is 12.1. The normalized spacial score (nSPS) is 12.9. The van der Waals surface area contributed by atoms with Gasteiger partial charge in [0.1, 0.15) is 0 Å². The van der Waals surface area contributed by atoms with Gasteiger partial charge in [-0.25, -0.2) is 4.79 Å². The Hall–Kier alpha value is -1.47. The summed E-state index contributed by atoms with van der Waals surface area (Å²) in [5, 5.41) is 12.6. The predicted octanol–water partition coefficient (Wildman–Crippen LogP) is 1.35. The first kappa shape index (κ1) is 15.5. The van der Waals surface area contributed by atoms with Gasteiger partial charge in [0.2, 0.25) is 0 Å². The molecule has 0 aliphatic rings. The summed E-state index contributed by atoms with van der Waals surface area (Å²) in [5.41, 5.74) is 0. The number of carboxylic acids is 1. The summed E-state index contributed by atoms with van der Waals surface area (Å²) in [6, 6.07) is -0.730. The van der Waals surface area contributed by atoms with E-state index in [9.17, 15) is 22.8 Å². The zero-order chi connectivity index (χ0) is 13.5. The summed E-state index contributed by atoms with van der Waals surface area (Å²) in [5.74, 6) is -2.61. The number of carbonyl (C=O) groups is 2. The Balaban J connectivity index is 3.63. The molecule has 0 aromatic rings. The molecule has 0 heterocycles. The van der Waals surface area contributed by atoms with Crippen molar-refractivity contribution in [2.75, 3.05) is 13.1 Å². The molecule has 0 bridgehead atoms. The van der Waals surface area contributed by atoms with Crippen LogP contribution in [0.25, 0.3) is 0 Å². The van der Waals surface area contributed by atoms with E-state index in [2.05, 4.69) is 10.6 Å². The summed E-state index contributed by atoms with van der Waals surface area (Å²) in [6.45, 7) is 0.567. The summed E-state index contributed by atoms with van der Waals surface area (Å²) in [7, 11) is 0. The van der Waals surface area contributed by atoms with Gasteiger partial charge in [-0.2, -0.15) is 13.2 Å². The lowest BCUT2D eigenvalue weighted by atomic mass is 10.2. The van der Waals surface area contributed by atoms with E-state index >= 15 is 0 Å². The van der Waals surface area contributed by atoms with Gasteiger partial charge in [0.05, 0.1) is 5.92 Å². The molecule has 2 amide bonds. The Morgan fingerprint density at radius 1 is 1.29 bits per heavy atom. The number of hydrogen-bond donors (Lipinski definition) is 3. The van der Waals surface area contributed by atoms with Gasteiger partial charge in [0, 0.05) is 19.5 Å². The fourth-order valence-corrected chi connectivity index (χ4v) is 0.866. The summed E-state index contributed by atoms with van der Waals surface area (Å²) in [4.78, 5) is 21.1. The Kier molecular flexibility index (Phi) is 6.37. The molecule has 0 aromatic heterocycles. The second-order valence-corrected chi connectivity index (χ2v) is 3.58. The van der Waals surface area contributed by atoms with Crippen LogP contribution in [0, 0.1) is 5.92 Å². The van der Waals surface area contributed by atoms with Crippen LogP contribution in [0.1, 0.15) is 19.8 Å². The van der Waals surface area contributed by atoms with Crippen LogP contribution in [0.4, 0.5) is 18.0 Å². The van der Waals surface area contributed by atoms with Crippen molar-refractivity contribution in [3.8, 4) is 0 Å². The highest BCUT2D eigenvalue weighted by molar-refractivity contribution is 5.73. The van der Waals surface area contributed by atoms with Crippen LogP contribution < -0.4 is 10.6 Å². The lowest BCUT2D eigenvalue weighted by Gasteiger charge is -2.16. The van der Waals surface area contributed by atoms with Crippen molar-refractivity contribution in [2.24, 2.45) is 5.92 Å². The smallest absolute Gasteiger partial charge is 0.393 e. The third-order valence-electron chi connectivity index (χ3n) is 1.98. The second kappa shape index (κ2) is 6.97. The summed E-state index contributed by atoms with van der Waals surface area (Å²) in [6.07, 6.45) is -4.20. The number of hydrogen-bond acceptors (Lipinski definition) is 2. The molecule has 0 radical (unpaired) electrons. The SMILES string of the molecule is CC(CNC(=O)NCCCC(=O)O)C(F)(F)F. The highest BCUT2D eigenvalue weighted by atomic mass is 19.4. The van der Waals surface area contributed by atoms with Crippen molar-refractivity contribution in [1.29, 1.82) is 0 Å². The minimum Gasteiger partial charge on any atom is -0.481 e. The largest absolute Gasteiger partial charge is 0.481 e. The molecule has 0 fully saturated rings. The molecular formula is C9H15F3N2O3. The van der Waals surface area contributed by atoms with Crippen LogP contribution >= 0.6 is 0 Å². The van der Waals surface area contributed by atoms with Gasteiger partial charge in [-0.1, -0.05) is 6.92 Å². The zero-order valence-corrected chi connectivity index (χ0v) is 9.30. The van der Waals surface area contributed by atoms with E-state index in [0.29, 0.717) is 0 Å². The third-order valence-corrected chi connectivity index (χ3v) is 1.98. The van der Waals surface area contributed by atoms with Crippen LogP contribution in [0.3, 0.4) is 0 Å². The molecule has 5 nitrogen and oxygen atoms in total. The number of rotatable bonds is 6. The van der Waals surface area contributed by atoms with Gasteiger partial charge in [-0.15, -0.1) is 0 Å². The lowest BCUT2D eigenvalue weighted by molar-refractivity contribution is -0.167. The monoisotopic (exact) mass is 256 g/mol. The molecule has 0 aliphatic heterocycles. The van der Waals surface area contributed by atoms with Crippen molar-refractivity contribution >= 4 is 12.0 Å². The van der Waals surface area contributed by atoms with Crippen molar-refractivity contribution in [1.82, 2.24) is 10.6 Å². The van der Waals surface area contributed by atoms with Crippen molar-refractivity contribution in [3.63, 3.8) is 0 Å². The zero-order valence-electron chi connectivity index (χ0n) is 9.30. The van der Waals surface area contributed by atoms with E-state index < -0.39 is 30.6 Å². The number of aliphatic carboxylic acids is 1. The van der Waals surface area contributed by atoms with E-state index in [-0.39, 0.29) is 19.4 Å². The molecule has 1 atom stereocenters. The average molecular weight is 256 g/mol. The van der Waals surface area contributed by atoms with Gasteiger partial charge in [-0.3, -0.25) is 4.79 Å². The van der Waals surface area contributed by atoms with E-state index in [4.69, 9.17) is 5.11 Å². The molecule has 8 heteroatoms. The van der Waals surface area contributed by atoms with E-state index in [1.165, 1.54) is 0 Å². The van der Waals surface area contributed by atoms with Gasteiger partial charge in [0.15, 0.2) is 0 Å². The van der Waals surface area contributed by atoms with Crippen molar-refractivity contribution < 1.29 is 27.9 Å². The number of alkyl halides is 3. The first-order chi connectivity index (χ1) is 7.73. The van der Waals surface area contributed by atoms with Gasteiger partial charge in [-0.05, 0) is 6.42 Å². The maximum Gasteiger partial charge on any atom is 0.393 e. The molecule has 0 saturated carbocycles. The molecule has 0 aromatic carbocycles. The molecule has 0 aliphatic carbocycles. The van der Waals surface area contributed by atoms with Gasteiger partial charge in [0.25, 0.3) is 0 Å². The lowest BCUT2D eigenvalue weighted by Crippen LogP contribution is -2.41. The average Bonchev–Trinajstić information content (AvgIpc) is 2.19. The maximum absolute atomic E-state index is 12.1. The Morgan fingerprint density at radius 3 is 2.35 bits per heavy atom. The quantitative estimate of drug-likeness (QED) is 0.628. The number of nitrogens with one attached hydrogen (secondary N) is 2. The molecule has 3 N–H and O–H groups in total. The van der Waals surface area contributed by atoms with Gasteiger partial charge < -0.3 is 15.7 Å². The molecular weight excluding hydrogens is 241 g/mol. The predicted molar refractivity (Wildman–Crippen MR) is 53.5 cm³/mol. The minimum absolute atomic E-state index is 0.0980. The Morgan fingerprint density at radius 2 is 1.88 bits per heavy atom. The van der Waals surface area contributed by atoms with E-state index in [1.807, 2.05) is 0 Å². The fourth-order valence-electron chi connectivity index (χ4n) is 0.866. The van der Waals surface area contributed by atoms with Crippen molar-refractivity contribution in [3.05, 3.63) is 0 Å². The summed E-state index contributed by atoms with van der Waals surface area (Å²) >= 11 is 0. The molecule has 0 saturated heterocycles. The molecule has 0 spiro atoms. The second-order valence-electron chi connectivity index (χ2n) is 3.58. The molecule has 17 heavy (non-hydrogen) atoms. The molecule has 1 unspecified atom stereocenters. The summed E-state index contributed by atoms with van der Waals surface area (Å²) < 4.78 is 36.2. The number of halogens is 3. The van der Waals surface area contributed by atoms with Crippen LogP contribution in [0.2, 0.25) is 0 Å². The Bertz CT molecular complexity index is 269. The minimum atomic E-state index is -4.34. The third kappa shape index (κ3) is 8.35. The standard InChI is InChI=1S/C9H15F3N2O3/c1-6(9(10,11)12)5-14-8(17)13-4-2-3-7(15)16/h6H,2-5H2,1H3,(H,15,16)(H2,13,14,17). The van der Waals surface area contributed by atoms with Crippen molar-refractivity contribution in [2.45, 2.75) is 25.9 Å². The van der Waals surface area contributed by atoms with E-state index in [0.717, 1.165) is 6.92 Å². The first-order valence-electron chi connectivity index (χ1n) is 5.03. The molecule has 100 valence electrons. The fraction of sp³-hybridized carbons (Fsp3) is 0.778. The van der Waals surface area contributed by atoms with Crippen LogP contribution in [-0.4, -0.2) is 36.4 Å². The van der Waals surface area contributed by atoms with Crippen LogP contribution in [-0.2, 0) is 4.79 Å². The number of amides is 2. The van der Waals surface area contributed by atoms with Crippen LogP contribution in [0.5, 0.6) is 0 Å². The first-order valence-corrected chi connectivity index (χ1v) is 5.03. The highest BCUT2D eigenvalue weighted by Gasteiger charge is 2.35. The topological polar surface area (TPSA) is 78.4 Å². The number of urea groups is 1. The van der Waals surface area contributed by atoms with Gasteiger partial charge >= 0.3 is 18.2 Å². The molecule has 0 rings (SSSR count). The van der Waals surface area contributed by atoms with Crippen LogP contribution in [0.15, 0.2) is 0 Å².